The number of aryl methyl sites for hydroxylation is 2. The molecule has 1 aliphatic rings. The number of nitrogens with two attached hydrogens (primary N) is 2. The highest BCUT2D eigenvalue weighted by molar-refractivity contribution is 5.97. The molecule has 19 heavy (non-hydrogen) atoms. The molecule has 5 heteroatoms. The number of nitrogens with zero attached hydrogens (tertiary/aromatic N) is 1. The molecule has 0 fully saturated rings. The van der Waals surface area contributed by atoms with Gasteiger partial charge in [-0.25, -0.2) is 4.98 Å². The second kappa shape index (κ2) is 5.57. The van der Waals surface area contributed by atoms with Crippen molar-refractivity contribution in [2.24, 2.45) is 17.4 Å². The monoisotopic (exact) mass is 262 g/mol. The fourth-order valence-electron chi connectivity index (χ4n) is 2.24. The summed E-state index contributed by atoms with van der Waals surface area (Å²) in [5.41, 5.74) is 14.1. The Morgan fingerprint density at radius 3 is 2.84 bits per heavy atom. The molecule has 104 valence electrons. The Morgan fingerprint density at radius 2 is 2.21 bits per heavy atom. The van der Waals surface area contributed by atoms with E-state index in [0.717, 1.165) is 30.5 Å². The topological polar surface area (TPSA) is 94.0 Å². The number of hydrogen-bond donors (Lipinski definition) is 3. The van der Waals surface area contributed by atoms with Crippen molar-refractivity contribution in [2.75, 3.05) is 11.9 Å². The summed E-state index contributed by atoms with van der Waals surface area (Å²) >= 11 is 0. The lowest BCUT2D eigenvalue weighted by atomic mass is 10.1. The molecule has 1 aromatic rings. The van der Waals surface area contributed by atoms with Gasteiger partial charge in [-0.05, 0) is 36.8 Å². The fraction of sp³-hybridized carbons (Fsp3) is 0.571. The van der Waals surface area contributed by atoms with Gasteiger partial charge in [-0.2, -0.15) is 0 Å². The molecule has 1 amide bonds. The third-order valence-electron chi connectivity index (χ3n) is 3.68. The van der Waals surface area contributed by atoms with E-state index < -0.39 is 5.91 Å². The minimum absolute atomic E-state index is 0.0239. The van der Waals surface area contributed by atoms with Crippen molar-refractivity contribution in [3.05, 3.63) is 22.9 Å². The molecular weight excluding hydrogens is 240 g/mol. The summed E-state index contributed by atoms with van der Waals surface area (Å²) in [6, 6.07) is 1.90. The third-order valence-corrected chi connectivity index (χ3v) is 3.68. The normalized spacial score (nSPS) is 15.4. The van der Waals surface area contributed by atoms with Crippen LogP contribution >= 0.6 is 0 Å². The minimum Gasteiger partial charge on any atom is -0.368 e. The number of nitrogens with one attached hydrogen (secondary N) is 1. The molecule has 0 bridgehead atoms. The smallest absolute Gasteiger partial charge is 0.252 e. The second-order valence-corrected chi connectivity index (χ2v) is 5.50. The highest BCUT2D eigenvalue weighted by atomic mass is 16.1. The molecule has 0 aliphatic heterocycles. The first-order valence-electron chi connectivity index (χ1n) is 6.81. The third kappa shape index (κ3) is 3.04. The molecule has 0 saturated heterocycles. The Kier molecular flexibility index (Phi) is 4.04. The zero-order chi connectivity index (χ0) is 14.0. The first-order chi connectivity index (χ1) is 8.99. The van der Waals surface area contributed by atoms with Crippen LogP contribution in [-0.4, -0.2) is 23.5 Å². The van der Waals surface area contributed by atoms with E-state index in [0.29, 0.717) is 23.8 Å². The summed E-state index contributed by atoms with van der Waals surface area (Å²) in [5.74, 6) is 0.506. The van der Waals surface area contributed by atoms with E-state index in [-0.39, 0.29) is 6.04 Å². The zero-order valence-corrected chi connectivity index (χ0v) is 11.6. The van der Waals surface area contributed by atoms with Crippen LogP contribution in [0.15, 0.2) is 6.07 Å². The van der Waals surface area contributed by atoms with Crippen molar-refractivity contribution in [3.63, 3.8) is 0 Å². The largest absolute Gasteiger partial charge is 0.368 e. The zero-order valence-electron chi connectivity index (χ0n) is 11.6. The average Bonchev–Trinajstić information content (AvgIpc) is 2.81. The van der Waals surface area contributed by atoms with Crippen molar-refractivity contribution in [1.29, 1.82) is 0 Å². The number of hydrogen-bond acceptors (Lipinski definition) is 4. The summed E-state index contributed by atoms with van der Waals surface area (Å²) in [7, 11) is 0. The summed E-state index contributed by atoms with van der Waals surface area (Å²) in [6.45, 7) is 4.72. The van der Waals surface area contributed by atoms with Crippen LogP contribution in [0.3, 0.4) is 0 Å². The van der Waals surface area contributed by atoms with E-state index in [2.05, 4.69) is 24.1 Å². The van der Waals surface area contributed by atoms with E-state index >= 15 is 0 Å². The Bertz CT molecular complexity index is 485. The van der Waals surface area contributed by atoms with Crippen molar-refractivity contribution in [3.8, 4) is 0 Å². The molecule has 0 radical (unpaired) electrons. The van der Waals surface area contributed by atoms with Gasteiger partial charge in [0, 0.05) is 18.3 Å². The number of pyridine rings is 1. The molecule has 5 nitrogen and oxygen atoms in total. The van der Waals surface area contributed by atoms with Crippen LogP contribution in [0.1, 0.15) is 41.9 Å². The minimum atomic E-state index is -0.442. The SMILES string of the molecule is CC(C)C(N)CNc1nc2c(cc1C(N)=O)CCC2. The highest BCUT2D eigenvalue weighted by Crippen LogP contribution is 2.25. The van der Waals surface area contributed by atoms with Crippen molar-refractivity contribution >= 4 is 11.7 Å². The van der Waals surface area contributed by atoms with Gasteiger partial charge in [-0.15, -0.1) is 0 Å². The van der Waals surface area contributed by atoms with E-state index in [1.807, 2.05) is 6.07 Å². The molecule has 1 heterocycles. The maximum absolute atomic E-state index is 11.5. The summed E-state index contributed by atoms with van der Waals surface area (Å²) in [6.07, 6.45) is 3.04. The highest BCUT2D eigenvalue weighted by Gasteiger charge is 2.19. The summed E-state index contributed by atoms with van der Waals surface area (Å²) in [5, 5.41) is 3.17. The molecule has 1 aromatic heterocycles. The van der Waals surface area contributed by atoms with Crippen molar-refractivity contribution in [2.45, 2.75) is 39.2 Å². The van der Waals surface area contributed by atoms with Crippen LogP contribution in [0.25, 0.3) is 0 Å². The molecule has 1 aliphatic carbocycles. The number of primary amides is 1. The van der Waals surface area contributed by atoms with Gasteiger partial charge in [0.1, 0.15) is 5.82 Å². The van der Waals surface area contributed by atoms with Gasteiger partial charge in [-0.1, -0.05) is 13.8 Å². The van der Waals surface area contributed by atoms with Crippen molar-refractivity contribution < 1.29 is 4.79 Å². The van der Waals surface area contributed by atoms with Crippen LogP contribution in [0.5, 0.6) is 0 Å². The van der Waals surface area contributed by atoms with Crippen LogP contribution in [0.2, 0.25) is 0 Å². The average molecular weight is 262 g/mol. The number of carbonyl (C=O) groups excluding carboxylic acids is 1. The predicted molar refractivity (Wildman–Crippen MR) is 76.1 cm³/mol. The van der Waals surface area contributed by atoms with Gasteiger partial charge in [-0.3, -0.25) is 4.79 Å². The molecule has 2 rings (SSSR count). The van der Waals surface area contributed by atoms with Crippen LogP contribution in [0, 0.1) is 5.92 Å². The quantitative estimate of drug-likeness (QED) is 0.739. The Hall–Kier alpha value is -1.62. The Morgan fingerprint density at radius 1 is 1.47 bits per heavy atom. The van der Waals surface area contributed by atoms with Gasteiger partial charge in [0.25, 0.3) is 5.91 Å². The van der Waals surface area contributed by atoms with E-state index in [4.69, 9.17) is 11.5 Å². The van der Waals surface area contributed by atoms with Gasteiger partial charge < -0.3 is 16.8 Å². The number of carbonyl (C=O) groups is 1. The van der Waals surface area contributed by atoms with Crippen molar-refractivity contribution in [1.82, 2.24) is 4.98 Å². The molecule has 0 saturated carbocycles. The van der Waals surface area contributed by atoms with E-state index in [9.17, 15) is 4.79 Å². The molecule has 0 aromatic carbocycles. The predicted octanol–water partition coefficient (Wildman–Crippen LogP) is 1.06. The Balaban J connectivity index is 2.21. The van der Waals surface area contributed by atoms with Gasteiger partial charge in [0.2, 0.25) is 0 Å². The fourth-order valence-corrected chi connectivity index (χ4v) is 2.24. The summed E-state index contributed by atoms with van der Waals surface area (Å²) < 4.78 is 0. The maximum atomic E-state index is 11.5. The van der Waals surface area contributed by atoms with E-state index in [1.165, 1.54) is 0 Å². The molecular formula is C14H22N4O. The number of anilines is 1. The van der Waals surface area contributed by atoms with Gasteiger partial charge in [0.05, 0.1) is 5.56 Å². The Labute approximate surface area is 113 Å². The number of aromatic nitrogens is 1. The first-order valence-corrected chi connectivity index (χ1v) is 6.81. The van der Waals surface area contributed by atoms with Gasteiger partial charge in [0.15, 0.2) is 0 Å². The lowest BCUT2D eigenvalue weighted by Gasteiger charge is -2.18. The lowest BCUT2D eigenvalue weighted by Crippen LogP contribution is -2.34. The first kappa shape index (κ1) is 13.8. The molecule has 0 spiro atoms. The van der Waals surface area contributed by atoms with Crippen LogP contribution in [-0.2, 0) is 12.8 Å². The molecule has 5 N–H and O–H groups in total. The number of fused-ring (bicyclic) bond motifs is 1. The standard InChI is InChI=1S/C14H22N4O/c1-8(2)11(15)7-17-14-10(13(16)19)6-9-4-3-5-12(9)18-14/h6,8,11H,3-5,7,15H2,1-2H3,(H2,16,19)(H,17,18). The van der Waals surface area contributed by atoms with Crippen LogP contribution in [0.4, 0.5) is 5.82 Å². The lowest BCUT2D eigenvalue weighted by molar-refractivity contribution is 0.100. The number of rotatable bonds is 5. The number of amides is 1. The maximum Gasteiger partial charge on any atom is 0.252 e. The summed E-state index contributed by atoms with van der Waals surface area (Å²) in [4.78, 5) is 16.0. The second-order valence-electron chi connectivity index (χ2n) is 5.50. The molecule has 1 unspecified atom stereocenters. The van der Waals surface area contributed by atoms with E-state index in [1.54, 1.807) is 0 Å². The van der Waals surface area contributed by atoms with Gasteiger partial charge >= 0.3 is 0 Å². The molecule has 1 atom stereocenters. The van der Waals surface area contributed by atoms with Crippen LogP contribution < -0.4 is 16.8 Å².